The molecule has 0 amide bonds. The minimum absolute atomic E-state index is 0.0199. The second kappa shape index (κ2) is 6.73. The van der Waals surface area contributed by atoms with E-state index in [9.17, 15) is 0 Å². The monoisotopic (exact) mass is 265 g/mol. The van der Waals surface area contributed by atoms with Gasteiger partial charge in [-0.2, -0.15) is 0 Å². The average molecular weight is 265 g/mol. The van der Waals surface area contributed by atoms with Crippen molar-refractivity contribution in [1.82, 2.24) is 4.98 Å². The molecule has 1 aliphatic heterocycles. The number of anilines is 1. The fraction of sp³-hybridized carbons (Fsp3) is 0.643. The van der Waals surface area contributed by atoms with Crippen LogP contribution in [-0.2, 0) is 4.74 Å². The van der Waals surface area contributed by atoms with E-state index in [-0.39, 0.29) is 12.1 Å². The summed E-state index contributed by atoms with van der Waals surface area (Å²) in [6, 6.07) is 3.89. The Hall–Kier alpha value is -1.33. The Kier molecular flexibility index (Phi) is 4.99. The molecule has 2 atom stereocenters. The summed E-state index contributed by atoms with van der Waals surface area (Å²) in [4.78, 5) is 6.65. The van der Waals surface area contributed by atoms with Crippen LogP contribution in [0, 0.1) is 0 Å². The van der Waals surface area contributed by atoms with E-state index in [1.807, 2.05) is 19.1 Å². The van der Waals surface area contributed by atoms with Crippen molar-refractivity contribution in [3.8, 4) is 5.75 Å². The lowest BCUT2D eigenvalue weighted by molar-refractivity contribution is 0.0271. The Morgan fingerprint density at radius 1 is 1.63 bits per heavy atom. The molecule has 1 aliphatic rings. The van der Waals surface area contributed by atoms with E-state index in [0.717, 1.165) is 31.1 Å². The summed E-state index contributed by atoms with van der Waals surface area (Å²) in [7, 11) is 0. The van der Waals surface area contributed by atoms with E-state index in [2.05, 4.69) is 16.8 Å². The molecule has 2 rings (SSSR count). The molecule has 0 saturated carbocycles. The summed E-state index contributed by atoms with van der Waals surface area (Å²) in [5, 5.41) is 0. The number of pyridine rings is 1. The molecule has 5 nitrogen and oxygen atoms in total. The zero-order valence-corrected chi connectivity index (χ0v) is 11.7. The van der Waals surface area contributed by atoms with Gasteiger partial charge < -0.3 is 20.1 Å². The molecule has 0 aromatic carbocycles. The van der Waals surface area contributed by atoms with Crippen LogP contribution >= 0.6 is 0 Å². The van der Waals surface area contributed by atoms with Gasteiger partial charge in [-0.15, -0.1) is 0 Å². The molecule has 1 aromatic heterocycles. The van der Waals surface area contributed by atoms with Crippen LogP contribution in [0.25, 0.3) is 0 Å². The minimum Gasteiger partial charge on any atom is -0.490 e. The molecule has 0 spiro atoms. The summed E-state index contributed by atoms with van der Waals surface area (Å²) in [5.74, 6) is 1.74. The molecule has 2 unspecified atom stereocenters. The van der Waals surface area contributed by atoms with E-state index in [1.165, 1.54) is 0 Å². The highest BCUT2D eigenvalue weighted by atomic mass is 16.5. The Balaban J connectivity index is 2.11. The number of hydrogen-bond acceptors (Lipinski definition) is 5. The molecule has 106 valence electrons. The van der Waals surface area contributed by atoms with Gasteiger partial charge in [-0.25, -0.2) is 4.98 Å². The van der Waals surface area contributed by atoms with Crippen molar-refractivity contribution < 1.29 is 9.47 Å². The van der Waals surface area contributed by atoms with E-state index in [4.69, 9.17) is 15.2 Å². The predicted octanol–water partition coefficient (Wildman–Crippen LogP) is 1.42. The van der Waals surface area contributed by atoms with Gasteiger partial charge in [0.25, 0.3) is 0 Å². The van der Waals surface area contributed by atoms with E-state index >= 15 is 0 Å². The lowest BCUT2D eigenvalue weighted by Crippen LogP contribution is -2.50. The van der Waals surface area contributed by atoms with Crippen molar-refractivity contribution in [2.75, 3.05) is 31.2 Å². The smallest absolute Gasteiger partial charge is 0.171 e. The first-order valence-corrected chi connectivity index (χ1v) is 6.92. The van der Waals surface area contributed by atoms with Crippen LogP contribution < -0.4 is 15.4 Å². The van der Waals surface area contributed by atoms with Gasteiger partial charge in [-0.05, 0) is 25.5 Å². The maximum Gasteiger partial charge on any atom is 0.171 e. The molecule has 1 aromatic rings. The first-order valence-electron chi connectivity index (χ1n) is 6.92. The molecule has 0 aliphatic carbocycles. The first-order chi connectivity index (χ1) is 9.22. The van der Waals surface area contributed by atoms with E-state index < -0.39 is 0 Å². The first kappa shape index (κ1) is 14.1. The predicted molar refractivity (Wildman–Crippen MR) is 75.6 cm³/mol. The normalized spacial score (nSPS) is 21.2. The van der Waals surface area contributed by atoms with Gasteiger partial charge in [0.05, 0.1) is 19.3 Å². The zero-order valence-electron chi connectivity index (χ0n) is 11.7. The molecule has 1 saturated heterocycles. The molecule has 0 radical (unpaired) electrons. The van der Waals surface area contributed by atoms with Crippen molar-refractivity contribution in [3.05, 3.63) is 18.3 Å². The van der Waals surface area contributed by atoms with Gasteiger partial charge in [0.2, 0.25) is 0 Å². The highest BCUT2D eigenvalue weighted by Crippen LogP contribution is 2.27. The molecule has 19 heavy (non-hydrogen) atoms. The third-order valence-corrected chi connectivity index (χ3v) is 3.19. The van der Waals surface area contributed by atoms with Crippen LogP contribution in [0.4, 0.5) is 5.82 Å². The van der Waals surface area contributed by atoms with Crippen molar-refractivity contribution in [3.63, 3.8) is 0 Å². The third kappa shape index (κ3) is 3.58. The second-order valence-corrected chi connectivity index (χ2v) is 4.89. The maximum atomic E-state index is 5.92. The second-order valence-electron chi connectivity index (χ2n) is 4.89. The van der Waals surface area contributed by atoms with Gasteiger partial charge >= 0.3 is 0 Å². The molecule has 2 heterocycles. The summed E-state index contributed by atoms with van der Waals surface area (Å²) in [6.45, 7) is 7.04. The zero-order chi connectivity index (χ0) is 13.7. The third-order valence-electron chi connectivity index (χ3n) is 3.19. The fourth-order valence-electron chi connectivity index (χ4n) is 2.13. The Morgan fingerprint density at radius 3 is 3.21 bits per heavy atom. The lowest BCUT2D eigenvalue weighted by atomic mass is 10.1. The summed E-state index contributed by atoms with van der Waals surface area (Å²) >= 11 is 0. The van der Waals surface area contributed by atoms with Crippen LogP contribution in [-0.4, -0.2) is 43.4 Å². The van der Waals surface area contributed by atoms with Crippen LogP contribution in [0.3, 0.4) is 0 Å². The molecule has 1 fully saturated rings. The SMILES string of the molecule is CCCOc1cccnc1N1CCOC(C(C)N)C1. The molecule has 5 heteroatoms. The Labute approximate surface area is 114 Å². The standard InChI is InChI=1S/C14H23N3O2/c1-3-8-18-12-5-4-6-16-14(12)17-7-9-19-13(10-17)11(2)15/h4-6,11,13H,3,7-10,15H2,1-2H3. The Bertz CT molecular complexity index is 398. The van der Waals surface area contributed by atoms with Crippen LogP contribution in [0.1, 0.15) is 20.3 Å². The summed E-state index contributed by atoms with van der Waals surface area (Å²) in [6.07, 6.45) is 2.83. The van der Waals surface area contributed by atoms with Gasteiger partial charge in [0, 0.05) is 25.3 Å². The van der Waals surface area contributed by atoms with E-state index in [0.29, 0.717) is 13.2 Å². The highest BCUT2D eigenvalue weighted by Gasteiger charge is 2.25. The highest BCUT2D eigenvalue weighted by molar-refractivity contribution is 5.52. The van der Waals surface area contributed by atoms with Crippen LogP contribution in [0.15, 0.2) is 18.3 Å². The summed E-state index contributed by atoms with van der Waals surface area (Å²) < 4.78 is 11.4. The number of ether oxygens (including phenoxy) is 2. The quantitative estimate of drug-likeness (QED) is 0.872. The van der Waals surface area contributed by atoms with Crippen molar-refractivity contribution in [2.24, 2.45) is 5.73 Å². The minimum atomic E-state index is 0.0199. The molecular formula is C14H23N3O2. The topological polar surface area (TPSA) is 60.6 Å². The fourth-order valence-corrected chi connectivity index (χ4v) is 2.13. The number of nitrogens with zero attached hydrogens (tertiary/aromatic N) is 2. The molecule has 2 N–H and O–H groups in total. The van der Waals surface area contributed by atoms with Crippen molar-refractivity contribution in [2.45, 2.75) is 32.4 Å². The largest absolute Gasteiger partial charge is 0.490 e. The van der Waals surface area contributed by atoms with Gasteiger partial charge in [0.15, 0.2) is 11.6 Å². The number of rotatable bonds is 5. The van der Waals surface area contributed by atoms with Crippen molar-refractivity contribution >= 4 is 5.82 Å². The number of morpholine rings is 1. The number of hydrogen-bond donors (Lipinski definition) is 1. The van der Waals surface area contributed by atoms with E-state index in [1.54, 1.807) is 6.20 Å². The number of aromatic nitrogens is 1. The number of nitrogens with two attached hydrogens (primary N) is 1. The van der Waals surface area contributed by atoms with Gasteiger partial charge in [-0.1, -0.05) is 6.92 Å². The van der Waals surface area contributed by atoms with Crippen molar-refractivity contribution in [1.29, 1.82) is 0 Å². The average Bonchev–Trinajstić information content (AvgIpc) is 2.45. The summed E-state index contributed by atoms with van der Waals surface area (Å²) in [5.41, 5.74) is 5.92. The molecule has 0 bridgehead atoms. The van der Waals surface area contributed by atoms with Crippen LogP contribution in [0.2, 0.25) is 0 Å². The van der Waals surface area contributed by atoms with Crippen LogP contribution in [0.5, 0.6) is 5.75 Å². The van der Waals surface area contributed by atoms with Gasteiger partial charge in [0.1, 0.15) is 0 Å². The Morgan fingerprint density at radius 2 is 2.47 bits per heavy atom. The maximum absolute atomic E-state index is 5.92. The van der Waals surface area contributed by atoms with Gasteiger partial charge in [-0.3, -0.25) is 0 Å². The lowest BCUT2D eigenvalue weighted by Gasteiger charge is -2.36. The molecular weight excluding hydrogens is 242 g/mol.